The van der Waals surface area contributed by atoms with Gasteiger partial charge in [-0.1, -0.05) is 6.92 Å². The van der Waals surface area contributed by atoms with E-state index in [1.165, 1.54) is 5.56 Å². The molecule has 0 bridgehead atoms. The second kappa shape index (κ2) is 2.75. The van der Waals surface area contributed by atoms with Crippen LogP contribution in [0.15, 0.2) is 6.07 Å². The predicted octanol–water partition coefficient (Wildman–Crippen LogP) is 1.46. The van der Waals surface area contributed by atoms with Gasteiger partial charge in [-0.2, -0.15) is 0 Å². The van der Waals surface area contributed by atoms with Crippen molar-refractivity contribution in [1.82, 2.24) is 4.98 Å². The molecule has 1 aromatic heterocycles. The molecule has 1 atom stereocenters. The number of H-pyrrole nitrogens is 1. The van der Waals surface area contributed by atoms with Crippen LogP contribution in [0, 0.1) is 0 Å². The van der Waals surface area contributed by atoms with Crippen LogP contribution < -0.4 is 0 Å². The Labute approximate surface area is 70.7 Å². The van der Waals surface area contributed by atoms with Gasteiger partial charge in [0.2, 0.25) is 0 Å². The standard InChI is InChI=1S/C9H11NO2/c1-6-4-12-5-9-8(6)2-7(3-11)10-9/h2-3,6,10H,4-5H2,1H3. The first-order chi connectivity index (χ1) is 5.81. The Balaban J connectivity index is 2.43. The number of hydrogen-bond donors (Lipinski definition) is 1. The Morgan fingerprint density at radius 1 is 1.75 bits per heavy atom. The lowest BCUT2D eigenvalue weighted by molar-refractivity contribution is 0.0928. The molecule has 0 amide bonds. The molecule has 64 valence electrons. The molecule has 0 saturated heterocycles. The molecule has 1 unspecified atom stereocenters. The molecule has 3 heteroatoms. The highest BCUT2D eigenvalue weighted by Gasteiger charge is 2.18. The van der Waals surface area contributed by atoms with Crippen molar-refractivity contribution in [3.8, 4) is 0 Å². The minimum Gasteiger partial charge on any atom is -0.375 e. The van der Waals surface area contributed by atoms with Crippen molar-refractivity contribution < 1.29 is 9.53 Å². The molecule has 12 heavy (non-hydrogen) atoms. The fourth-order valence-corrected chi connectivity index (χ4v) is 1.59. The van der Waals surface area contributed by atoms with Crippen molar-refractivity contribution in [1.29, 1.82) is 0 Å². The topological polar surface area (TPSA) is 42.1 Å². The first-order valence-electron chi connectivity index (χ1n) is 4.06. The summed E-state index contributed by atoms with van der Waals surface area (Å²) >= 11 is 0. The molecule has 1 aliphatic heterocycles. The van der Waals surface area contributed by atoms with E-state index in [1.807, 2.05) is 6.07 Å². The normalized spacial score (nSPS) is 21.9. The Morgan fingerprint density at radius 3 is 3.25 bits per heavy atom. The van der Waals surface area contributed by atoms with Gasteiger partial charge in [-0.15, -0.1) is 0 Å². The van der Waals surface area contributed by atoms with Crippen LogP contribution in [0.5, 0.6) is 0 Å². The third-order valence-electron chi connectivity index (χ3n) is 2.23. The van der Waals surface area contributed by atoms with E-state index < -0.39 is 0 Å². The minimum atomic E-state index is 0.402. The molecule has 0 saturated carbocycles. The van der Waals surface area contributed by atoms with Gasteiger partial charge in [0.1, 0.15) is 0 Å². The Kier molecular flexibility index (Phi) is 1.73. The van der Waals surface area contributed by atoms with Gasteiger partial charge in [-0.25, -0.2) is 0 Å². The number of aldehydes is 1. The number of fused-ring (bicyclic) bond motifs is 1. The average Bonchev–Trinajstić information content (AvgIpc) is 2.49. The summed E-state index contributed by atoms with van der Waals surface area (Å²) in [4.78, 5) is 13.5. The highest BCUT2D eigenvalue weighted by atomic mass is 16.5. The molecule has 0 aromatic carbocycles. The Hall–Kier alpha value is -1.09. The average molecular weight is 165 g/mol. The summed E-state index contributed by atoms with van der Waals surface area (Å²) in [7, 11) is 0. The van der Waals surface area contributed by atoms with Crippen molar-refractivity contribution in [3.63, 3.8) is 0 Å². The fraction of sp³-hybridized carbons (Fsp3) is 0.444. The van der Waals surface area contributed by atoms with Crippen LogP contribution >= 0.6 is 0 Å². The number of rotatable bonds is 1. The van der Waals surface area contributed by atoms with Crippen LogP contribution in [-0.4, -0.2) is 17.9 Å². The fourth-order valence-electron chi connectivity index (χ4n) is 1.59. The number of hydrogen-bond acceptors (Lipinski definition) is 2. The maximum absolute atomic E-state index is 10.5. The van der Waals surface area contributed by atoms with Crippen molar-refractivity contribution in [2.45, 2.75) is 19.4 Å². The lowest BCUT2D eigenvalue weighted by atomic mass is 10.0. The largest absolute Gasteiger partial charge is 0.375 e. The van der Waals surface area contributed by atoms with Gasteiger partial charge in [0.15, 0.2) is 6.29 Å². The van der Waals surface area contributed by atoms with Crippen LogP contribution in [-0.2, 0) is 11.3 Å². The Morgan fingerprint density at radius 2 is 2.58 bits per heavy atom. The van der Waals surface area contributed by atoms with Crippen molar-refractivity contribution in [2.24, 2.45) is 0 Å². The molecule has 3 nitrogen and oxygen atoms in total. The van der Waals surface area contributed by atoms with E-state index in [1.54, 1.807) is 0 Å². The third kappa shape index (κ3) is 1.06. The van der Waals surface area contributed by atoms with E-state index >= 15 is 0 Å². The first kappa shape index (κ1) is 7.55. The highest BCUT2D eigenvalue weighted by Crippen LogP contribution is 2.25. The monoisotopic (exact) mass is 165 g/mol. The molecule has 0 fully saturated rings. The molecule has 0 radical (unpaired) electrons. The summed E-state index contributed by atoms with van der Waals surface area (Å²) in [6, 6.07) is 1.91. The number of carbonyl (C=O) groups excluding carboxylic acids is 1. The highest BCUT2D eigenvalue weighted by molar-refractivity contribution is 5.73. The zero-order chi connectivity index (χ0) is 8.55. The Bertz CT molecular complexity index is 303. The van der Waals surface area contributed by atoms with Crippen LogP contribution in [0.2, 0.25) is 0 Å². The summed E-state index contributed by atoms with van der Waals surface area (Å²) in [5.74, 6) is 0.402. The van der Waals surface area contributed by atoms with Gasteiger partial charge in [0.05, 0.1) is 18.9 Å². The van der Waals surface area contributed by atoms with E-state index in [0.29, 0.717) is 18.2 Å². The molecule has 2 heterocycles. The SMILES string of the molecule is CC1COCc2[nH]c(C=O)cc21. The number of nitrogens with one attached hydrogen (secondary N) is 1. The summed E-state index contributed by atoms with van der Waals surface area (Å²) in [5.41, 5.74) is 2.93. The summed E-state index contributed by atoms with van der Waals surface area (Å²) in [6.45, 7) is 3.46. The van der Waals surface area contributed by atoms with Gasteiger partial charge in [0.25, 0.3) is 0 Å². The molecular weight excluding hydrogens is 154 g/mol. The molecule has 0 spiro atoms. The third-order valence-corrected chi connectivity index (χ3v) is 2.23. The van der Waals surface area contributed by atoms with Gasteiger partial charge in [-0.05, 0) is 11.6 Å². The summed E-state index contributed by atoms with van der Waals surface area (Å²) in [5, 5.41) is 0. The molecule has 1 aromatic rings. The van der Waals surface area contributed by atoms with Crippen LogP contribution in [0.4, 0.5) is 0 Å². The van der Waals surface area contributed by atoms with Gasteiger partial charge >= 0.3 is 0 Å². The van der Waals surface area contributed by atoms with E-state index in [2.05, 4.69) is 11.9 Å². The molecule has 1 aliphatic rings. The maximum atomic E-state index is 10.5. The first-order valence-corrected chi connectivity index (χ1v) is 4.06. The number of ether oxygens (including phenoxy) is 1. The van der Waals surface area contributed by atoms with Crippen LogP contribution in [0.3, 0.4) is 0 Å². The van der Waals surface area contributed by atoms with E-state index in [0.717, 1.165) is 18.6 Å². The quantitative estimate of drug-likeness (QED) is 0.640. The zero-order valence-corrected chi connectivity index (χ0v) is 6.96. The predicted molar refractivity (Wildman–Crippen MR) is 44.3 cm³/mol. The van der Waals surface area contributed by atoms with Crippen molar-refractivity contribution >= 4 is 6.29 Å². The second-order valence-electron chi connectivity index (χ2n) is 3.19. The van der Waals surface area contributed by atoms with Gasteiger partial charge in [0, 0.05) is 11.6 Å². The van der Waals surface area contributed by atoms with Gasteiger partial charge in [-0.3, -0.25) is 4.79 Å². The van der Waals surface area contributed by atoms with Crippen LogP contribution in [0.1, 0.15) is 34.6 Å². The molecular formula is C9H11NO2. The van der Waals surface area contributed by atoms with E-state index in [-0.39, 0.29) is 0 Å². The molecule has 1 N–H and O–H groups in total. The minimum absolute atomic E-state index is 0.402. The van der Waals surface area contributed by atoms with Gasteiger partial charge < -0.3 is 9.72 Å². The summed E-state index contributed by atoms with van der Waals surface area (Å²) in [6.07, 6.45) is 0.838. The number of aromatic amines is 1. The molecule has 2 rings (SSSR count). The van der Waals surface area contributed by atoms with Crippen LogP contribution in [0.25, 0.3) is 0 Å². The number of carbonyl (C=O) groups is 1. The van der Waals surface area contributed by atoms with E-state index in [9.17, 15) is 4.79 Å². The van der Waals surface area contributed by atoms with Crippen molar-refractivity contribution in [2.75, 3.05) is 6.61 Å². The maximum Gasteiger partial charge on any atom is 0.166 e. The lowest BCUT2D eigenvalue weighted by Crippen LogP contribution is -2.12. The second-order valence-corrected chi connectivity index (χ2v) is 3.19. The lowest BCUT2D eigenvalue weighted by Gasteiger charge is -2.18. The molecule has 0 aliphatic carbocycles. The smallest absolute Gasteiger partial charge is 0.166 e. The number of aromatic nitrogens is 1. The zero-order valence-electron chi connectivity index (χ0n) is 6.96. The van der Waals surface area contributed by atoms with Crippen molar-refractivity contribution in [3.05, 3.63) is 23.0 Å². The van der Waals surface area contributed by atoms with E-state index in [4.69, 9.17) is 4.74 Å². The summed E-state index contributed by atoms with van der Waals surface area (Å²) < 4.78 is 5.32.